The van der Waals surface area contributed by atoms with E-state index in [-0.39, 0.29) is 5.97 Å². The number of carbonyl (C=O) groups excluding carboxylic acids is 1. The highest BCUT2D eigenvalue weighted by atomic mass is 16.5. The molecule has 3 fully saturated rings. The van der Waals surface area contributed by atoms with Crippen molar-refractivity contribution in [3.8, 4) is 0 Å². The minimum absolute atomic E-state index is 0.105. The predicted molar refractivity (Wildman–Crippen MR) is 80.1 cm³/mol. The first-order chi connectivity index (χ1) is 10.2. The molecule has 1 N–H and O–H groups in total. The smallest absolute Gasteiger partial charge is 0.327 e. The van der Waals surface area contributed by atoms with Crippen molar-refractivity contribution in [3.05, 3.63) is 0 Å². The van der Waals surface area contributed by atoms with Gasteiger partial charge in [0.25, 0.3) is 0 Å². The summed E-state index contributed by atoms with van der Waals surface area (Å²) in [5.41, 5.74) is -0.534. The van der Waals surface area contributed by atoms with Crippen molar-refractivity contribution in [2.75, 3.05) is 33.9 Å². The third-order valence-corrected chi connectivity index (χ3v) is 5.57. The average Bonchev–Trinajstić information content (AvgIpc) is 3.37. The number of nitrogens with one attached hydrogen (secondary N) is 1. The van der Waals surface area contributed by atoms with Gasteiger partial charge in [0.05, 0.1) is 19.8 Å². The fourth-order valence-electron chi connectivity index (χ4n) is 4.20. The molecular weight excluding hydrogens is 268 g/mol. The summed E-state index contributed by atoms with van der Waals surface area (Å²) in [6.07, 6.45) is 7.49. The zero-order valence-electron chi connectivity index (χ0n) is 13.3. The lowest BCUT2D eigenvalue weighted by Gasteiger charge is -2.47. The summed E-state index contributed by atoms with van der Waals surface area (Å²) >= 11 is 0. The van der Waals surface area contributed by atoms with E-state index in [0.717, 1.165) is 39.0 Å². The van der Waals surface area contributed by atoms with Crippen LogP contribution in [0.5, 0.6) is 0 Å². The van der Waals surface area contributed by atoms with Gasteiger partial charge < -0.3 is 14.8 Å². The molecule has 1 saturated heterocycles. The van der Waals surface area contributed by atoms with Crippen LogP contribution in [0.3, 0.4) is 0 Å². The lowest BCUT2D eigenvalue weighted by molar-refractivity contribution is -0.154. The van der Waals surface area contributed by atoms with Crippen molar-refractivity contribution in [2.24, 2.45) is 5.92 Å². The number of hydrogen-bond acceptors (Lipinski definition) is 5. The summed E-state index contributed by atoms with van der Waals surface area (Å²) in [6, 6.07) is 0.476. The van der Waals surface area contributed by atoms with E-state index in [1.54, 1.807) is 0 Å². The number of carbonyl (C=O) groups is 1. The standard InChI is InChI=1S/C16H28N2O3/c1-17-16(12-7-8-12,15(19)20-2)11-18-9-10-21-14-6-4-3-5-13(14)18/h12-14,17H,3-11H2,1-2H3. The second-order valence-electron chi connectivity index (χ2n) is 6.72. The van der Waals surface area contributed by atoms with E-state index in [2.05, 4.69) is 10.2 Å². The monoisotopic (exact) mass is 296 g/mol. The van der Waals surface area contributed by atoms with Gasteiger partial charge in [-0.3, -0.25) is 4.90 Å². The lowest BCUT2D eigenvalue weighted by Crippen LogP contribution is -2.64. The molecule has 21 heavy (non-hydrogen) atoms. The molecule has 1 aliphatic heterocycles. The second-order valence-corrected chi connectivity index (χ2v) is 6.72. The molecule has 0 bridgehead atoms. The maximum atomic E-state index is 12.4. The first kappa shape index (κ1) is 15.3. The quantitative estimate of drug-likeness (QED) is 0.772. The van der Waals surface area contributed by atoms with E-state index in [0.29, 0.717) is 18.1 Å². The third-order valence-electron chi connectivity index (χ3n) is 5.57. The summed E-state index contributed by atoms with van der Waals surface area (Å²) in [4.78, 5) is 14.9. The molecule has 3 atom stereocenters. The van der Waals surface area contributed by atoms with E-state index in [1.807, 2.05) is 7.05 Å². The van der Waals surface area contributed by atoms with Crippen LogP contribution in [0.15, 0.2) is 0 Å². The number of rotatable bonds is 5. The minimum Gasteiger partial charge on any atom is -0.468 e. The average molecular weight is 296 g/mol. The second kappa shape index (κ2) is 6.23. The first-order valence-corrected chi connectivity index (χ1v) is 8.34. The van der Waals surface area contributed by atoms with Gasteiger partial charge >= 0.3 is 5.97 Å². The minimum atomic E-state index is -0.534. The molecule has 0 aromatic carbocycles. The Bertz CT molecular complexity index is 384. The van der Waals surface area contributed by atoms with Crippen LogP contribution in [0.4, 0.5) is 0 Å². The molecule has 2 saturated carbocycles. The van der Waals surface area contributed by atoms with E-state index < -0.39 is 5.54 Å². The SMILES string of the molecule is CNC(CN1CCOC2CCCCC21)(C(=O)OC)C1CC1. The van der Waals surface area contributed by atoms with Crippen LogP contribution in [-0.4, -0.2) is 62.4 Å². The van der Waals surface area contributed by atoms with E-state index in [4.69, 9.17) is 9.47 Å². The van der Waals surface area contributed by atoms with Crippen molar-refractivity contribution >= 4 is 5.97 Å². The molecule has 1 heterocycles. The number of methoxy groups -OCH3 is 1. The summed E-state index contributed by atoms with van der Waals surface area (Å²) in [7, 11) is 3.40. The van der Waals surface area contributed by atoms with Crippen LogP contribution in [0.25, 0.3) is 0 Å². The number of esters is 1. The van der Waals surface area contributed by atoms with Gasteiger partial charge in [0.1, 0.15) is 5.54 Å². The largest absolute Gasteiger partial charge is 0.468 e. The molecule has 3 rings (SSSR count). The molecule has 0 spiro atoms. The Morgan fingerprint density at radius 1 is 1.33 bits per heavy atom. The topological polar surface area (TPSA) is 50.8 Å². The molecule has 0 radical (unpaired) electrons. The van der Waals surface area contributed by atoms with Crippen LogP contribution in [0.1, 0.15) is 38.5 Å². The number of ether oxygens (including phenoxy) is 2. The molecular formula is C16H28N2O3. The van der Waals surface area contributed by atoms with E-state index in [1.165, 1.54) is 26.4 Å². The maximum absolute atomic E-state index is 12.4. The number of nitrogens with zero attached hydrogens (tertiary/aromatic N) is 1. The predicted octanol–water partition coefficient (Wildman–Crippen LogP) is 1.17. The fourth-order valence-corrected chi connectivity index (χ4v) is 4.20. The van der Waals surface area contributed by atoms with Gasteiger partial charge in [-0.1, -0.05) is 12.8 Å². The zero-order chi connectivity index (χ0) is 14.9. The molecule has 2 aliphatic carbocycles. The third kappa shape index (κ3) is 2.83. The fraction of sp³-hybridized carbons (Fsp3) is 0.938. The molecule has 0 aromatic heterocycles. The molecule has 3 unspecified atom stereocenters. The van der Waals surface area contributed by atoms with Crippen LogP contribution in [-0.2, 0) is 14.3 Å². The summed E-state index contributed by atoms with van der Waals surface area (Å²) in [5, 5.41) is 3.31. The number of likely N-dealkylation sites (N-methyl/N-ethyl adjacent to an activating group) is 1. The number of hydrogen-bond donors (Lipinski definition) is 1. The van der Waals surface area contributed by atoms with Crippen LogP contribution in [0.2, 0.25) is 0 Å². The Labute approximate surface area is 127 Å². The van der Waals surface area contributed by atoms with Crippen LogP contribution in [0, 0.1) is 5.92 Å². The van der Waals surface area contributed by atoms with Crippen molar-refractivity contribution < 1.29 is 14.3 Å². The van der Waals surface area contributed by atoms with Gasteiger partial charge in [-0.25, -0.2) is 4.79 Å². The molecule has 0 amide bonds. The molecule has 3 aliphatic rings. The van der Waals surface area contributed by atoms with Crippen molar-refractivity contribution in [1.29, 1.82) is 0 Å². The summed E-state index contributed by atoms with van der Waals surface area (Å²) < 4.78 is 11.1. The van der Waals surface area contributed by atoms with Gasteiger partial charge in [0.15, 0.2) is 0 Å². The zero-order valence-corrected chi connectivity index (χ0v) is 13.3. The molecule has 0 aromatic rings. The Kier molecular flexibility index (Phi) is 4.52. The maximum Gasteiger partial charge on any atom is 0.327 e. The van der Waals surface area contributed by atoms with Crippen LogP contribution < -0.4 is 5.32 Å². The van der Waals surface area contributed by atoms with Crippen molar-refractivity contribution in [2.45, 2.75) is 56.2 Å². The van der Waals surface area contributed by atoms with Crippen molar-refractivity contribution in [1.82, 2.24) is 10.2 Å². The molecule has 5 nitrogen and oxygen atoms in total. The highest BCUT2D eigenvalue weighted by Gasteiger charge is 2.53. The summed E-state index contributed by atoms with van der Waals surface area (Å²) in [5.74, 6) is 0.311. The van der Waals surface area contributed by atoms with Gasteiger partial charge in [-0.15, -0.1) is 0 Å². The highest BCUT2D eigenvalue weighted by Crippen LogP contribution is 2.42. The van der Waals surface area contributed by atoms with E-state index >= 15 is 0 Å². The van der Waals surface area contributed by atoms with E-state index in [9.17, 15) is 4.79 Å². The van der Waals surface area contributed by atoms with Gasteiger partial charge in [0.2, 0.25) is 0 Å². The molecule has 120 valence electrons. The number of fused-ring (bicyclic) bond motifs is 1. The first-order valence-electron chi connectivity index (χ1n) is 8.34. The van der Waals surface area contributed by atoms with Crippen molar-refractivity contribution in [3.63, 3.8) is 0 Å². The highest BCUT2D eigenvalue weighted by molar-refractivity contribution is 5.82. The van der Waals surface area contributed by atoms with Crippen LogP contribution >= 0.6 is 0 Å². The van der Waals surface area contributed by atoms with Gasteiger partial charge in [0, 0.05) is 19.1 Å². The Morgan fingerprint density at radius 2 is 2.10 bits per heavy atom. The Morgan fingerprint density at radius 3 is 2.76 bits per heavy atom. The van der Waals surface area contributed by atoms with Gasteiger partial charge in [-0.2, -0.15) is 0 Å². The Hall–Kier alpha value is -0.650. The summed E-state index contributed by atoms with van der Waals surface area (Å²) in [6.45, 7) is 2.46. The lowest BCUT2D eigenvalue weighted by atomic mass is 9.86. The Balaban J connectivity index is 1.76. The molecule has 5 heteroatoms. The normalized spacial score (nSPS) is 33.0. The number of morpholine rings is 1. The van der Waals surface area contributed by atoms with Gasteiger partial charge in [-0.05, 0) is 38.6 Å².